The molecular weight excluding hydrogens is 319 g/mol. The van der Waals surface area contributed by atoms with Gasteiger partial charge in [0.25, 0.3) is 5.91 Å². The first-order valence-corrected chi connectivity index (χ1v) is 7.55. The lowest BCUT2D eigenvalue weighted by molar-refractivity contribution is -0.137. The van der Waals surface area contributed by atoms with Gasteiger partial charge < -0.3 is 10.1 Å². The van der Waals surface area contributed by atoms with Crippen molar-refractivity contribution in [2.24, 2.45) is 0 Å². The molecule has 1 N–H and O–H groups in total. The number of ether oxygens (including phenoxy) is 1. The molecule has 0 radical (unpaired) electrons. The summed E-state index contributed by atoms with van der Waals surface area (Å²) >= 11 is 0. The number of alkyl halides is 3. The van der Waals surface area contributed by atoms with E-state index in [1.807, 2.05) is 30.3 Å². The number of nitrogens with one attached hydrogen (secondary N) is 1. The molecule has 1 unspecified atom stereocenters. The summed E-state index contributed by atoms with van der Waals surface area (Å²) in [6, 6.07) is 13.8. The molecule has 0 spiro atoms. The standard InChI is InChI=1S/C18H18F3NO2/c1-2-16(17(23)22-12-13-7-4-3-5-8-13)24-15-10-6-9-14(11-15)18(19,20)21/h3-11,16H,2,12H2,1H3,(H,22,23). The highest BCUT2D eigenvalue weighted by Crippen LogP contribution is 2.31. The zero-order valence-corrected chi connectivity index (χ0v) is 13.1. The maximum absolute atomic E-state index is 12.7. The number of rotatable bonds is 6. The SMILES string of the molecule is CCC(Oc1cccc(C(F)(F)F)c1)C(=O)NCc1ccccc1. The first-order valence-electron chi connectivity index (χ1n) is 7.55. The second-order valence-corrected chi connectivity index (χ2v) is 5.24. The average Bonchev–Trinajstić information content (AvgIpc) is 2.58. The highest BCUT2D eigenvalue weighted by atomic mass is 19.4. The van der Waals surface area contributed by atoms with Crippen molar-refractivity contribution in [1.82, 2.24) is 5.32 Å². The Kier molecular flexibility index (Phi) is 5.84. The van der Waals surface area contributed by atoms with Crippen LogP contribution in [-0.2, 0) is 17.5 Å². The summed E-state index contributed by atoms with van der Waals surface area (Å²) in [7, 11) is 0. The zero-order chi connectivity index (χ0) is 17.6. The molecular formula is C18H18F3NO2. The number of hydrogen-bond donors (Lipinski definition) is 1. The normalized spacial score (nSPS) is 12.5. The Labute approximate surface area is 138 Å². The van der Waals surface area contributed by atoms with Gasteiger partial charge in [0.05, 0.1) is 5.56 Å². The van der Waals surface area contributed by atoms with E-state index in [0.717, 1.165) is 17.7 Å². The van der Waals surface area contributed by atoms with Crippen LogP contribution in [0.5, 0.6) is 5.75 Å². The lowest BCUT2D eigenvalue weighted by Gasteiger charge is -2.18. The van der Waals surface area contributed by atoms with Gasteiger partial charge in [-0.15, -0.1) is 0 Å². The Morgan fingerprint density at radius 3 is 2.46 bits per heavy atom. The Balaban J connectivity index is 1.99. The second kappa shape index (κ2) is 7.86. The fraction of sp³-hybridized carbons (Fsp3) is 0.278. The largest absolute Gasteiger partial charge is 0.481 e. The molecule has 128 valence electrons. The highest BCUT2D eigenvalue weighted by Gasteiger charge is 2.31. The first-order chi connectivity index (χ1) is 11.4. The first kappa shape index (κ1) is 17.8. The molecule has 3 nitrogen and oxygen atoms in total. The van der Waals surface area contributed by atoms with E-state index in [2.05, 4.69) is 5.32 Å². The smallest absolute Gasteiger partial charge is 0.416 e. The van der Waals surface area contributed by atoms with Crippen LogP contribution >= 0.6 is 0 Å². The summed E-state index contributed by atoms with van der Waals surface area (Å²) in [6.07, 6.45) is -4.95. The van der Waals surface area contributed by atoms with Crippen molar-refractivity contribution >= 4 is 5.91 Å². The van der Waals surface area contributed by atoms with Gasteiger partial charge >= 0.3 is 6.18 Å². The van der Waals surface area contributed by atoms with Crippen molar-refractivity contribution in [2.45, 2.75) is 32.2 Å². The Morgan fingerprint density at radius 2 is 1.83 bits per heavy atom. The molecule has 0 fully saturated rings. The second-order valence-electron chi connectivity index (χ2n) is 5.24. The van der Waals surface area contributed by atoms with Crippen LogP contribution in [0, 0.1) is 0 Å². The molecule has 0 aliphatic heterocycles. The molecule has 0 saturated heterocycles. The van der Waals surface area contributed by atoms with Gasteiger partial charge in [0, 0.05) is 6.54 Å². The van der Waals surface area contributed by atoms with Gasteiger partial charge in [-0.05, 0) is 30.2 Å². The molecule has 0 aliphatic rings. The maximum atomic E-state index is 12.7. The van der Waals surface area contributed by atoms with Crippen molar-refractivity contribution < 1.29 is 22.7 Å². The third-order valence-electron chi connectivity index (χ3n) is 3.41. The summed E-state index contributed by atoms with van der Waals surface area (Å²) in [5, 5.41) is 2.73. The lowest BCUT2D eigenvalue weighted by Crippen LogP contribution is -2.37. The summed E-state index contributed by atoms with van der Waals surface area (Å²) in [5.74, 6) is -0.342. The Hall–Kier alpha value is -2.50. The number of amides is 1. The molecule has 24 heavy (non-hydrogen) atoms. The van der Waals surface area contributed by atoms with Crippen LogP contribution in [0.4, 0.5) is 13.2 Å². The van der Waals surface area contributed by atoms with E-state index in [0.29, 0.717) is 13.0 Å². The van der Waals surface area contributed by atoms with Crippen LogP contribution in [0.15, 0.2) is 54.6 Å². The third kappa shape index (κ3) is 5.01. The number of halogens is 3. The monoisotopic (exact) mass is 337 g/mol. The topological polar surface area (TPSA) is 38.3 Å². The highest BCUT2D eigenvalue weighted by molar-refractivity contribution is 5.81. The van der Waals surface area contributed by atoms with Gasteiger partial charge in [0.2, 0.25) is 0 Å². The van der Waals surface area contributed by atoms with Crippen LogP contribution in [-0.4, -0.2) is 12.0 Å². The van der Waals surface area contributed by atoms with E-state index in [1.165, 1.54) is 12.1 Å². The number of benzene rings is 2. The van der Waals surface area contributed by atoms with Crippen molar-refractivity contribution in [3.05, 3.63) is 65.7 Å². The molecule has 1 amide bonds. The summed E-state index contributed by atoms with van der Waals surface area (Å²) in [6.45, 7) is 2.07. The van der Waals surface area contributed by atoms with E-state index < -0.39 is 17.8 Å². The fourth-order valence-electron chi connectivity index (χ4n) is 2.13. The predicted molar refractivity (Wildman–Crippen MR) is 84.4 cm³/mol. The molecule has 1 atom stereocenters. The Morgan fingerprint density at radius 1 is 1.12 bits per heavy atom. The van der Waals surface area contributed by atoms with E-state index in [-0.39, 0.29) is 11.7 Å². The number of carbonyl (C=O) groups is 1. The molecule has 6 heteroatoms. The molecule has 0 aliphatic carbocycles. The molecule has 0 aromatic heterocycles. The maximum Gasteiger partial charge on any atom is 0.416 e. The van der Waals surface area contributed by atoms with Gasteiger partial charge in [0.15, 0.2) is 6.10 Å². The van der Waals surface area contributed by atoms with E-state index >= 15 is 0 Å². The molecule has 0 heterocycles. The molecule has 2 rings (SSSR count). The van der Waals surface area contributed by atoms with Crippen molar-refractivity contribution in [3.63, 3.8) is 0 Å². The van der Waals surface area contributed by atoms with E-state index in [9.17, 15) is 18.0 Å². The van der Waals surface area contributed by atoms with Crippen molar-refractivity contribution in [2.75, 3.05) is 0 Å². The minimum absolute atomic E-state index is 0.0199. The van der Waals surface area contributed by atoms with Gasteiger partial charge in [0.1, 0.15) is 5.75 Å². The van der Waals surface area contributed by atoms with Crippen molar-refractivity contribution in [3.8, 4) is 5.75 Å². The molecule has 0 bridgehead atoms. The number of carbonyl (C=O) groups excluding carboxylic acids is 1. The lowest BCUT2D eigenvalue weighted by atomic mass is 10.2. The van der Waals surface area contributed by atoms with E-state index in [1.54, 1.807) is 6.92 Å². The van der Waals surface area contributed by atoms with Crippen LogP contribution in [0.1, 0.15) is 24.5 Å². The van der Waals surface area contributed by atoms with Gasteiger partial charge in [-0.1, -0.05) is 43.3 Å². The van der Waals surface area contributed by atoms with Gasteiger partial charge in [-0.25, -0.2) is 0 Å². The summed E-state index contributed by atoms with van der Waals surface area (Å²) < 4.78 is 43.6. The minimum Gasteiger partial charge on any atom is -0.481 e. The predicted octanol–water partition coefficient (Wildman–Crippen LogP) is 4.18. The number of hydrogen-bond acceptors (Lipinski definition) is 2. The fourth-order valence-corrected chi connectivity index (χ4v) is 2.13. The minimum atomic E-state index is -4.45. The average molecular weight is 337 g/mol. The quantitative estimate of drug-likeness (QED) is 0.859. The zero-order valence-electron chi connectivity index (χ0n) is 13.1. The van der Waals surface area contributed by atoms with Crippen LogP contribution in [0.3, 0.4) is 0 Å². The Bertz CT molecular complexity index is 671. The van der Waals surface area contributed by atoms with Crippen LogP contribution < -0.4 is 10.1 Å². The summed E-state index contributed by atoms with van der Waals surface area (Å²) in [5.41, 5.74) is 0.124. The summed E-state index contributed by atoms with van der Waals surface area (Å²) in [4.78, 5) is 12.2. The molecule has 0 saturated carbocycles. The van der Waals surface area contributed by atoms with Crippen LogP contribution in [0.25, 0.3) is 0 Å². The third-order valence-corrected chi connectivity index (χ3v) is 3.41. The van der Waals surface area contributed by atoms with Crippen LogP contribution in [0.2, 0.25) is 0 Å². The van der Waals surface area contributed by atoms with Gasteiger partial charge in [-0.2, -0.15) is 13.2 Å². The molecule has 2 aromatic carbocycles. The van der Waals surface area contributed by atoms with E-state index in [4.69, 9.17) is 4.74 Å². The van der Waals surface area contributed by atoms with Gasteiger partial charge in [-0.3, -0.25) is 4.79 Å². The molecule has 2 aromatic rings. The van der Waals surface area contributed by atoms with Crippen molar-refractivity contribution in [1.29, 1.82) is 0 Å².